The fourth-order valence-corrected chi connectivity index (χ4v) is 2.62. The number of nitro groups is 1. The maximum absolute atomic E-state index is 10.8. The number of methoxy groups -OCH3 is 1. The van der Waals surface area contributed by atoms with Crippen LogP contribution in [-0.2, 0) is 4.74 Å². The molecule has 1 fully saturated rings. The van der Waals surface area contributed by atoms with Crippen LogP contribution >= 0.6 is 0 Å². The molecule has 1 aliphatic heterocycles. The maximum atomic E-state index is 10.8. The van der Waals surface area contributed by atoms with Crippen molar-refractivity contribution < 1.29 is 9.66 Å². The number of hydrogen-bond acceptors (Lipinski definition) is 5. The van der Waals surface area contributed by atoms with Gasteiger partial charge in [-0.25, -0.2) is 0 Å². The van der Waals surface area contributed by atoms with E-state index in [1.807, 2.05) is 6.07 Å². The third-order valence-corrected chi connectivity index (χ3v) is 3.55. The minimum absolute atomic E-state index is 0.0128. The van der Waals surface area contributed by atoms with Gasteiger partial charge in [-0.05, 0) is 12.0 Å². The zero-order chi connectivity index (χ0) is 13.8. The van der Waals surface area contributed by atoms with Gasteiger partial charge in [0.25, 0.3) is 5.69 Å². The van der Waals surface area contributed by atoms with Crippen molar-refractivity contribution in [3.8, 4) is 0 Å². The van der Waals surface area contributed by atoms with Crippen LogP contribution in [0.25, 0.3) is 0 Å². The highest BCUT2D eigenvalue weighted by Gasteiger charge is 2.33. The van der Waals surface area contributed by atoms with Gasteiger partial charge in [-0.3, -0.25) is 15.0 Å². The van der Waals surface area contributed by atoms with Crippen LogP contribution in [0.1, 0.15) is 18.0 Å². The van der Waals surface area contributed by atoms with E-state index in [1.54, 1.807) is 19.2 Å². The molecule has 104 valence electrons. The number of rotatable bonds is 5. The van der Waals surface area contributed by atoms with E-state index in [1.165, 1.54) is 6.07 Å². The van der Waals surface area contributed by atoms with Gasteiger partial charge in [0, 0.05) is 38.4 Å². The van der Waals surface area contributed by atoms with Crippen molar-refractivity contribution in [2.45, 2.75) is 18.5 Å². The van der Waals surface area contributed by atoms with Gasteiger partial charge in [0.1, 0.15) is 0 Å². The van der Waals surface area contributed by atoms with Crippen LogP contribution < -0.4 is 5.73 Å². The number of non-ortho nitro benzene ring substituents is 1. The molecule has 0 bridgehead atoms. The Kier molecular flexibility index (Phi) is 4.47. The molecule has 2 atom stereocenters. The van der Waals surface area contributed by atoms with Crippen LogP contribution in [-0.4, -0.2) is 42.7 Å². The fourth-order valence-electron chi connectivity index (χ4n) is 2.62. The first kappa shape index (κ1) is 13.9. The molecular formula is C13H19N3O3. The maximum Gasteiger partial charge on any atom is 0.269 e. The number of nitro benzene ring substituents is 1. The van der Waals surface area contributed by atoms with Crippen LogP contribution in [0.5, 0.6) is 0 Å². The molecule has 0 saturated carbocycles. The lowest BCUT2D eigenvalue weighted by Crippen LogP contribution is -2.33. The summed E-state index contributed by atoms with van der Waals surface area (Å²) in [5.41, 5.74) is 7.17. The minimum atomic E-state index is -0.372. The predicted octanol–water partition coefficient (Wildman–Crippen LogP) is 1.32. The van der Waals surface area contributed by atoms with Crippen molar-refractivity contribution in [1.29, 1.82) is 0 Å². The molecule has 2 N–H and O–H groups in total. The highest BCUT2D eigenvalue weighted by molar-refractivity contribution is 5.36. The summed E-state index contributed by atoms with van der Waals surface area (Å²) in [7, 11) is 1.67. The van der Waals surface area contributed by atoms with Crippen molar-refractivity contribution in [2.75, 3.05) is 26.8 Å². The van der Waals surface area contributed by atoms with Crippen LogP contribution in [0, 0.1) is 10.1 Å². The van der Waals surface area contributed by atoms with Gasteiger partial charge < -0.3 is 10.5 Å². The lowest BCUT2D eigenvalue weighted by atomic mass is 10.0. The van der Waals surface area contributed by atoms with Gasteiger partial charge in [-0.1, -0.05) is 12.1 Å². The first-order valence-electron chi connectivity index (χ1n) is 6.36. The summed E-state index contributed by atoms with van der Waals surface area (Å²) in [6.07, 6.45) is 0.900. The van der Waals surface area contributed by atoms with E-state index >= 15 is 0 Å². The third kappa shape index (κ3) is 3.09. The summed E-state index contributed by atoms with van der Waals surface area (Å²) in [5, 5.41) is 10.8. The molecule has 2 rings (SSSR count). The number of nitrogens with zero attached hydrogens (tertiary/aromatic N) is 2. The molecule has 0 spiro atoms. The number of hydrogen-bond donors (Lipinski definition) is 1. The molecule has 6 nitrogen and oxygen atoms in total. The first-order chi connectivity index (χ1) is 9.13. The Morgan fingerprint density at radius 1 is 1.58 bits per heavy atom. The summed E-state index contributed by atoms with van der Waals surface area (Å²) in [4.78, 5) is 12.7. The van der Waals surface area contributed by atoms with E-state index in [2.05, 4.69) is 4.90 Å². The summed E-state index contributed by atoms with van der Waals surface area (Å²) < 4.78 is 5.09. The molecular weight excluding hydrogens is 246 g/mol. The molecule has 6 heteroatoms. The molecule has 2 unspecified atom stereocenters. The minimum Gasteiger partial charge on any atom is -0.383 e. The molecule has 0 amide bonds. The third-order valence-electron chi connectivity index (χ3n) is 3.55. The van der Waals surface area contributed by atoms with E-state index < -0.39 is 0 Å². The molecule has 1 aromatic rings. The van der Waals surface area contributed by atoms with Gasteiger partial charge in [0.2, 0.25) is 0 Å². The lowest BCUT2D eigenvalue weighted by molar-refractivity contribution is -0.384. The number of benzene rings is 1. The molecule has 1 aliphatic rings. The topological polar surface area (TPSA) is 81.6 Å². The van der Waals surface area contributed by atoms with Crippen molar-refractivity contribution >= 4 is 5.69 Å². The Bertz CT molecular complexity index is 453. The van der Waals surface area contributed by atoms with Crippen LogP contribution in [0.4, 0.5) is 5.69 Å². The normalized spacial score (nSPS) is 23.7. The Labute approximate surface area is 112 Å². The monoisotopic (exact) mass is 265 g/mol. The molecule has 19 heavy (non-hydrogen) atoms. The van der Waals surface area contributed by atoms with E-state index in [4.69, 9.17) is 10.5 Å². The fraction of sp³-hybridized carbons (Fsp3) is 0.538. The second kappa shape index (κ2) is 6.10. The van der Waals surface area contributed by atoms with Crippen LogP contribution in [0.15, 0.2) is 24.3 Å². The second-order valence-corrected chi connectivity index (χ2v) is 4.78. The van der Waals surface area contributed by atoms with Gasteiger partial charge in [-0.2, -0.15) is 0 Å². The number of ether oxygens (including phenoxy) is 1. The highest BCUT2D eigenvalue weighted by Crippen LogP contribution is 2.32. The average molecular weight is 265 g/mol. The molecule has 1 saturated heterocycles. The first-order valence-corrected chi connectivity index (χ1v) is 6.36. The van der Waals surface area contributed by atoms with Crippen molar-refractivity contribution in [3.05, 3.63) is 39.9 Å². The zero-order valence-electron chi connectivity index (χ0n) is 11.0. The molecule has 0 radical (unpaired) electrons. The number of likely N-dealkylation sites (tertiary alicyclic amines) is 1. The zero-order valence-corrected chi connectivity index (χ0v) is 11.0. The van der Waals surface area contributed by atoms with Gasteiger partial charge >= 0.3 is 0 Å². The van der Waals surface area contributed by atoms with Crippen molar-refractivity contribution in [2.24, 2.45) is 5.73 Å². The summed E-state index contributed by atoms with van der Waals surface area (Å²) in [5.74, 6) is 0. The quantitative estimate of drug-likeness (QED) is 0.641. The Morgan fingerprint density at radius 2 is 2.37 bits per heavy atom. The summed E-state index contributed by atoms with van der Waals surface area (Å²) >= 11 is 0. The SMILES string of the molecule is COCCN1CCC(N)C1c1cccc([N+](=O)[O-])c1. The summed E-state index contributed by atoms with van der Waals surface area (Å²) in [6, 6.07) is 6.79. The molecule has 0 aliphatic carbocycles. The lowest BCUT2D eigenvalue weighted by Gasteiger charge is -2.26. The largest absolute Gasteiger partial charge is 0.383 e. The predicted molar refractivity (Wildman–Crippen MR) is 71.9 cm³/mol. The molecule has 1 heterocycles. The Morgan fingerprint density at radius 3 is 3.05 bits per heavy atom. The van der Waals surface area contributed by atoms with Gasteiger partial charge in [0.05, 0.1) is 17.6 Å². The highest BCUT2D eigenvalue weighted by atomic mass is 16.6. The van der Waals surface area contributed by atoms with Crippen LogP contribution in [0.3, 0.4) is 0 Å². The summed E-state index contributed by atoms with van der Waals surface area (Å²) in [6.45, 7) is 2.33. The van der Waals surface area contributed by atoms with Crippen molar-refractivity contribution in [1.82, 2.24) is 4.90 Å². The van der Waals surface area contributed by atoms with E-state index in [0.29, 0.717) is 6.61 Å². The Balaban J connectivity index is 2.21. The molecule has 1 aromatic carbocycles. The van der Waals surface area contributed by atoms with E-state index in [0.717, 1.165) is 25.1 Å². The van der Waals surface area contributed by atoms with Crippen LogP contribution in [0.2, 0.25) is 0 Å². The smallest absolute Gasteiger partial charge is 0.269 e. The Hall–Kier alpha value is -1.50. The van der Waals surface area contributed by atoms with E-state index in [-0.39, 0.29) is 22.7 Å². The average Bonchev–Trinajstić information content (AvgIpc) is 2.77. The van der Waals surface area contributed by atoms with Gasteiger partial charge in [-0.15, -0.1) is 0 Å². The number of nitrogens with two attached hydrogens (primary N) is 1. The standard InChI is InChI=1S/C13H19N3O3/c1-19-8-7-15-6-5-12(14)13(15)10-3-2-4-11(9-10)16(17)18/h2-4,9,12-13H,5-8,14H2,1H3. The van der Waals surface area contributed by atoms with Gasteiger partial charge in [0.15, 0.2) is 0 Å². The van der Waals surface area contributed by atoms with Crippen molar-refractivity contribution in [3.63, 3.8) is 0 Å². The van der Waals surface area contributed by atoms with E-state index in [9.17, 15) is 10.1 Å². The molecule has 0 aromatic heterocycles. The second-order valence-electron chi connectivity index (χ2n) is 4.78.